The molecule has 0 aliphatic carbocycles. The summed E-state index contributed by atoms with van der Waals surface area (Å²) in [6.07, 6.45) is 6.88. The highest BCUT2D eigenvalue weighted by molar-refractivity contribution is 5.88. The van der Waals surface area contributed by atoms with Crippen molar-refractivity contribution in [1.82, 2.24) is 15.6 Å². The molecule has 1 heterocycles. The van der Waals surface area contributed by atoms with Crippen molar-refractivity contribution < 1.29 is 33.4 Å². The van der Waals surface area contributed by atoms with E-state index < -0.39 is 41.6 Å². The van der Waals surface area contributed by atoms with Gasteiger partial charge in [0.2, 0.25) is 5.91 Å². The number of H-pyrrole nitrogens is 1. The number of benzene rings is 1. The van der Waals surface area contributed by atoms with Gasteiger partial charge in [-0.05, 0) is 57.6 Å². The Morgan fingerprint density at radius 3 is 2.23 bits per heavy atom. The number of hydrogen-bond acceptors (Lipinski definition) is 7. The average molecular weight is 602 g/mol. The minimum absolute atomic E-state index is 0.0299. The van der Waals surface area contributed by atoms with Crippen molar-refractivity contribution >= 4 is 34.8 Å². The molecule has 43 heavy (non-hydrogen) atoms. The largest absolute Gasteiger partial charge is 0.464 e. The first-order chi connectivity index (χ1) is 20.4. The third-order valence-electron chi connectivity index (χ3n) is 6.79. The average Bonchev–Trinajstić information content (AvgIpc) is 3.33. The number of ether oxygens (including phenoxy) is 3. The smallest absolute Gasteiger partial charge is 0.408 e. The van der Waals surface area contributed by atoms with Gasteiger partial charge >= 0.3 is 18.0 Å². The highest BCUT2D eigenvalue weighted by Gasteiger charge is 2.28. The number of rotatable bonds is 18. The van der Waals surface area contributed by atoms with Gasteiger partial charge in [-0.15, -0.1) is 0 Å². The van der Waals surface area contributed by atoms with Crippen LogP contribution in [0.25, 0.3) is 10.9 Å². The Kier molecular flexibility index (Phi) is 15.1. The van der Waals surface area contributed by atoms with Crippen molar-refractivity contribution in [3.63, 3.8) is 0 Å². The van der Waals surface area contributed by atoms with E-state index in [-0.39, 0.29) is 32.5 Å². The SMILES string of the molecule is CCCCCCCOC(=O)[C@@H](Cc1c[nH]c2ccccc12)NC(=O)CC[C@@H](NC(=O)OC(C)(C)C)C(=O)OCCC(C)C. The lowest BCUT2D eigenvalue weighted by molar-refractivity contribution is -0.149. The normalized spacial score (nSPS) is 12.9. The van der Waals surface area contributed by atoms with Gasteiger partial charge in [-0.1, -0.05) is 64.7 Å². The van der Waals surface area contributed by atoms with Crippen LogP contribution in [0.4, 0.5) is 4.79 Å². The Balaban J connectivity index is 2.08. The second-order valence-electron chi connectivity index (χ2n) is 12.4. The Hall–Kier alpha value is -3.56. The number of nitrogens with one attached hydrogen (secondary N) is 3. The summed E-state index contributed by atoms with van der Waals surface area (Å²) in [7, 11) is 0. The van der Waals surface area contributed by atoms with Gasteiger partial charge in [-0.2, -0.15) is 0 Å². The molecule has 0 spiro atoms. The zero-order chi connectivity index (χ0) is 31.8. The van der Waals surface area contributed by atoms with Gasteiger partial charge in [-0.3, -0.25) is 4.79 Å². The summed E-state index contributed by atoms with van der Waals surface area (Å²) in [5.41, 5.74) is 1.04. The molecule has 1 aromatic heterocycles. The van der Waals surface area contributed by atoms with E-state index in [0.29, 0.717) is 12.3 Å². The number of esters is 2. The van der Waals surface area contributed by atoms with E-state index in [2.05, 4.69) is 22.5 Å². The Labute approximate surface area is 256 Å². The van der Waals surface area contributed by atoms with E-state index in [1.807, 2.05) is 44.3 Å². The van der Waals surface area contributed by atoms with Crippen molar-refractivity contribution in [3.8, 4) is 0 Å². The van der Waals surface area contributed by atoms with Gasteiger partial charge in [-0.25, -0.2) is 14.4 Å². The van der Waals surface area contributed by atoms with Crippen LogP contribution >= 0.6 is 0 Å². The Morgan fingerprint density at radius 2 is 1.53 bits per heavy atom. The number of fused-ring (bicyclic) bond motifs is 1. The van der Waals surface area contributed by atoms with Gasteiger partial charge in [0.05, 0.1) is 13.2 Å². The summed E-state index contributed by atoms with van der Waals surface area (Å²) in [6, 6.07) is 5.73. The molecule has 0 aliphatic rings. The molecule has 0 aliphatic heterocycles. The number of unbranched alkanes of at least 4 members (excludes halogenated alkanes) is 4. The predicted octanol–water partition coefficient (Wildman–Crippen LogP) is 5.97. The second-order valence-corrected chi connectivity index (χ2v) is 12.4. The first kappa shape index (κ1) is 35.6. The van der Waals surface area contributed by atoms with Crippen LogP contribution in [-0.2, 0) is 35.0 Å². The summed E-state index contributed by atoms with van der Waals surface area (Å²) in [6.45, 7) is 11.8. The fraction of sp³-hybridized carbons (Fsp3) is 0.636. The molecular weight excluding hydrogens is 550 g/mol. The van der Waals surface area contributed by atoms with Gasteiger partial charge in [0.25, 0.3) is 0 Å². The quantitative estimate of drug-likeness (QED) is 0.109. The predicted molar refractivity (Wildman–Crippen MR) is 166 cm³/mol. The van der Waals surface area contributed by atoms with Crippen LogP contribution in [0.15, 0.2) is 30.5 Å². The van der Waals surface area contributed by atoms with Crippen molar-refractivity contribution in [2.45, 2.75) is 117 Å². The van der Waals surface area contributed by atoms with E-state index in [4.69, 9.17) is 14.2 Å². The van der Waals surface area contributed by atoms with E-state index in [9.17, 15) is 19.2 Å². The van der Waals surface area contributed by atoms with Crippen molar-refractivity contribution in [2.75, 3.05) is 13.2 Å². The monoisotopic (exact) mass is 601 g/mol. The molecule has 0 saturated carbocycles. The second kappa shape index (κ2) is 18.2. The number of para-hydroxylation sites is 1. The summed E-state index contributed by atoms with van der Waals surface area (Å²) >= 11 is 0. The molecule has 2 aromatic rings. The molecule has 2 atom stereocenters. The van der Waals surface area contributed by atoms with E-state index in [1.54, 1.807) is 20.8 Å². The van der Waals surface area contributed by atoms with Crippen LogP contribution in [0.1, 0.15) is 98.5 Å². The lowest BCUT2D eigenvalue weighted by Crippen LogP contribution is -2.46. The molecular formula is C33H51N3O7. The fourth-order valence-electron chi connectivity index (χ4n) is 4.43. The van der Waals surface area contributed by atoms with Gasteiger partial charge in [0, 0.05) is 29.9 Å². The summed E-state index contributed by atoms with van der Waals surface area (Å²) in [5.74, 6) is -1.26. The number of hydrogen-bond donors (Lipinski definition) is 3. The molecule has 0 saturated heterocycles. The van der Waals surface area contributed by atoms with Gasteiger partial charge in [0.1, 0.15) is 17.7 Å². The number of aromatic nitrogens is 1. The number of alkyl carbamates (subject to hydrolysis) is 1. The molecule has 1 aromatic carbocycles. The summed E-state index contributed by atoms with van der Waals surface area (Å²) in [4.78, 5) is 54.7. The standard InChI is InChI=1S/C33H51N3O7/c1-7-8-9-10-13-19-41-31(39)28(21-24-22-34-26-15-12-11-14-25(24)26)35-29(37)17-16-27(30(38)42-20-18-23(2)3)36-32(40)43-33(4,5)6/h11-12,14-15,22-23,27-28,34H,7-10,13,16-21H2,1-6H3,(H,35,37)(H,36,40)/t27-,28-/m1/s1. The van der Waals surface area contributed by atoms with Crippen molar-refractivity contribution in [3.05, 3.63) is 36.0 Å². The topological polar surface area (TPSA) is 136 Å². The zero-order valence-corrected chi connectivity index (χ0v) is 26.8. The number of carbonyl (C=O) groups excluding carboxylic acids is 4. The number of amides is 2. The van der Waals surface area contributed by atoms with E-state index in [1.165, 1.54) is 0 Å². The maximum Gasteiger partial charge on any atom is 0.408 e. The molecule has 0 bridgehead atoms. The molecule has 0 unspecified atom stereocenters. The van der Waals surface area contributed by atoms with Crippen LogP contribution < -0.4 is 10.6 Å². The van der Waals surface area contributed by atoms with Crippen molar-refractivity contribution in [2.24, 2.45) is 5.92 Å². The minimum Gasteiger partial charge on any atom is -0.464 e. The zero-order valence-electron chi connectivity index (χ0n) is 26.8. The molecule has 10 heteroatoms. The van der Waals surface area contributed by atoms with E-state index in [0.717, 1.165) is 48.6 Å². The highest BCUT2D eigenvalue weighted by Crippen LogP contribution is 2.20. The lowest BCUT2D eigenvalue weighted by Gasteiger charge is -2.23. The maximum atomic E-state index is 13.1. The van der Waals surface area contributed by atoms with Crippen molar-refractivity contribution in [1.29, 1.82) is 0 Å². The maximum absolute atomic E-state index is 13.1. The van der Waals surface area contributed by atoms with Crippen LogP contribution in [0.3, 0.4) is 0 Å². The molecule has 0 fully saturated rings. The van der Waals surface area contributed by atoms with Crippen LogP contribution in [0.2, 0.25) is 0 Å². The Morgan fingerprint density at radius 1 is 0.860 bits per heavy atom. The molecule has 240 valence electrons. The first-order valence-corrected chi connectivity index (χ1v) is 15.6. The molecule has 10 nitrogen and oxygen atoms in total. The molecule has 2 rings (SSSR count). The fourth-order valence-corrected chi connectivity index (χ4v) is 4.43. The summed E-state index contributed by atoms with van der Waals surface area (Å²) in [5, 5.41) is 6.30. The van der Waals surface area contributed by atoms with Crippen LogP contribution in [-0.4, -0.2) is 59.8 Å². The summed E-state index contributed by atoms with van der Waals surface area (Å²) < 4.78 is 16.2. The minimum atomic E-state index is -1.09. The van der Waals surface area contributed by atoms with E-state index >= 15 is 0 Å². The molecule has 0 radical (unpaired) electrons. The third kappa shape index (κ3) is 14.0. The van der Waals surface area contributed by atoms with Crippen LogP contribution in [0, 0.1) is 5.92 Å². The third-order valence-corrected chi connectivity index (χ3v) is 6.79. The van der Waals surface area contributed by atoms with Gasteiger partial charge in [0.15, 0.2) is 0 Å². The van der Waals surface area contributed by atoms with Gasteiger partial charge < -0.3 is 29.8 Å². The Bertz CT molecular complexity index is 1170. The lowest BCUT2D eigenvalue weighted by atomic mass is 10.0. The molecule has 3 N–H and O–H groups in total. The number of carbonyl (C=O) groups is 4. The first-order valence-electron chi connectivity index (χ1n) is 15.6. The molecule has 2 amide bonds. The number of aromatic amines is 1. The van der Waals surface area contributed by atoms with Crippen LogP contribution in [0.5, 0.6) is 0 Å². The highest BCUT2D eigenvalue weighted by atomic mass is 16.6.